The van der Waals surface area contributed by atoms with Crippen LogP contribution in [0.4, 0.5) is 0 Å². The Morgan fingerprint density at radius 1 is 1.17 bits per heavy atom. The molecule has 1 saturated heterocycles. The van der Waals surface area contributed by atoms with Gasteiger partial charge >= 0.3 is 0 Å². The predicted molar refractivity (Wildman–Crippen MR) is 93.3 cm³/mol. The summed E-state index contributed by atoms with van der Waals surface area (Å²) in [7, 11) is 0. The van der Waals surface area contributed by atoms with Crippen LogP contribution in [0.3, 0.4) is 0 Å². The highest BCUT2D eigenvalue weighted by molar-refractivity contribution is 6.30. The Hall–Kier alpha value is -1.79. The molecule has 1 aromatic carbocycles. The molecule has 1 aromatic rings. The molecule has 1 aliphatic heterocycles. The zero-order chi connectivity index (χ0) is 17.4. The van der Waals surface area contributed by atoms with Gasteiger partial charge in [-0.05, 0) is 31.2 Å². The van der Waals surface area contributed by atoms with Crippen LogP contribution in [0.15, 0.2) is 24.3 Å². The van der Waals surface area contributed by atoms with E-state index in [1.807, 2.05) is 11.8 Å². The molecule has 1 aliphatic rings. The van der Waals surface area contributed by atoms with Gasteiger partial charge in [0.15, 0.2) is 0 Å². The monoisotopic (exact) mass is 353 g/mol. The fraction of sp³-hybridized carbons (Fsp3) is 0.529. The number of nitrogens with one attached hydrogen (secondary N) is 1. The van der Waals surface area contributed by atoms with E-state index in [2.05, 4.69) is 10.2 Å². The molecular formula is C17H24ClN3O3. The van der Waals surface area contributed by atoms with Crippen molar-refractivity contribution in [2.24, 2.45) is 0 Å². The van der Waals surface area contributed by atoms with Crippen molar-refractivity contribution < 1.29 is 14.3 Å². The molecule has 2 rings (SSSR count). The summed E-state index contributed by atoms with van der Waals surface area (Å²) in [6, 6.07) is 7.08. The first-order chi connectivity index (χ1) is 11.6. The number of carbonyl (C=O) groups is 2. The van der Waals surface area contributed by atoms with E-state index in [1.165, 1.54) is 0 Å². The van der Waals surface area contributed by atoms with Crippen molar-refractivity contribution in [3.63, 3.8) is 0 Å². The number of likely N-dealkylation sites (N-methyl/N-ethyl adjacent to an activating group) is 1. The summed E-state index contributed by atoms with van der Waals surface area (Å²) in [5, 5.41) is 3.44. The van der Waals surface area contributed by atoms with E-state index in [0.29, 0.717) is 50.0 Å². The molecular weight excluding hydrogens is 330 g/mol. The number of halogens is 1. The lowest BCUT2D eigenvalue weighted by Crippen LogP contribution is -2.51. The van der Waals surface area contributed by atoms with E-state index in [4.69, 9.17) is 16.3 Å². The summed E-state index contributed by atoms with van der Waals surface area (Å²) < 4.78 is 5.55. The Labute approximate surface area is 147 Å². The largest absolute Gasteiger partial charge is 0.493 e. The fourth-order valence-electron chi connectivity index (χ4n) is 2.56. The van der Waals surface area contributed by atoms with Gasteiger partial charge in [-0.15, -0.1) is 0 Å². The van der Waals surface area contributed by atoms with Gasteiger partial charge in [-0.3, -0.25) is 14.5 Å². The highest BCUT2D eigenvalue weighted by atomic mass is 35.5. The van der Waals surface area contributed by atoms with Crippen molar-refractivity contribution in [2.45, 2.75) is 13.3 Å². The summed E-state index contributed by atoms with van der Waals surface area (Å²) in [5.41, 5.74) is 0. The van der Waals surface area contributed by atoms with Gasteiger partial charge < -0.3 is 15.0 Å². The Morgan fingerprint density at radius 2 is 1.83 bits per heavy atom. The van der Waals surface area contributed by atoms with Gasteiger partial charge in [-0.1, -0.05) is 11.6 Å². The van der Waals surface area contributed by atoms with Gasteiger partial charge in [-0.25, -0.2) is 0 Å². The van der Waals surface area contributed by atoms with E-state index in [-0.39, 0.29) is 11.8 Å². The van der Waals surface area contributed by atoms with Crippen LogP contribution in [0.5, 0.6) is 5.75 Å². The highest BCUT2D eigenvalue weighted by Crippen LogP contribution is 2.15. The maximum Gasteiger partial charge on any atom is 0.234 e. The third-order valence-electron chi connectivity index (χ3n) is 3.86. The maximum absolute atomic E-state index is 12.2. The molecule has 0 atom stereocenters. The second-order valence-corrected chi connectivity index (χ2v) is 6.10. The molecule has 0 aromatic heterocycles. The second-order valence-electron chi connectivity index (χ2n) is 5.66. The first kappa shape index (κ1) is 18.5. The van der Waals surface area contributed by atoms with Crippen molar-refractivity contribution in [1.29, 1.82) is 0 Å². The molecule has 1 heterocycles. The number of piperazine rings is 1. The minimum Gasteiger partial charge on any atom is -0.493 e. The van der Waals surface area contributed by atoms with Gasteiger partial charge in [0.05, 0.1) is 19.6 Å². The molecule has 0 saturated carbocycles. The number of hydrogen-bond donors (Lipinski definition) is 1. The van der Waals surface area contributed by atoms with Crippen molar-refractivity contribution >= 4 is 23.4 Å². The first-order valence-electron chi connectivity index (χ1n) is 8.23. The van der Waals surface area contributed by atoms with E-state index < -0.39 is 0 Å². The standard InChI is InChI=1S/C17H24ClN3O3/c1-2-19-16(22)13-20-8-10-21(11-9-20)17(23)7-12-24-15-5-3-14(18)4-6-15/h3-6H,2,7-13H2,1H3,(H,19,22). The Balaban J connectivity index is 1.65. The average Bonchev–Trinajstić information content (AvgIpc) is 2.57. The van der Waals surface area contributed by atoms with E-state index in [9.17, 15) is 9.59 Å². The molecule has 24 heavy (non-hydrogen) atoms. The smallest absolute Gasteiger partial charge is 0.234 e. The molecule has 0 unspecified atom stereocenters. The number of hydrogen-bond acceptors (Lipinski definition) is 4. The van der Waals surface area contributed by atoms with Crippen LogP contribution < -0.4 is 10.1 Å². The van der Waals surface area contributed by atoms with Gasteiger partial charge in [-0.2, -0.15) is 0 Å². The minimum absolute atomic E-state index is 0.0358. The molecule has 0 radical (unpaired) electrons. The molecule has 1 fully saturated rings. The normalized spacial score (nSPS) is 15.2. The third-order valence-corrected chi connectivity index (χ3v) is 4.12. The van der Waals surface area contributed by atoms with E-state index in [0.717, 1.165) is 13.1 Å². The lowest BCUT2D eigenvalue weighted by Gasteiger charge is -2.34. The Morgan fingerprint density at radius 3 is 2.46 bits per heavy atom. The highest BCUT2D eigenvalue weighted by Gasteiger charge is 2.22. The van der Waals surface area contributed by atoms with E-state index >= 15 is 0 Å². The van der Waals surface area contributed by atoms with Crippen molar-refractivity contribution in [2.75, 3.05) is 45.9 Å². The van der Waals surface area contributed by atoms with Crippen LogP contribution in [-0.4, -0.2) is 67.5 Å². The number of carbonyl (C=O) groups excluding carboxylic acids is 2. The summed E-state index contributed by atoms with van der Waals surface area (Å²) >= 11 is 5.81. The molecule has 132 valence electrons. The summed E-state index contributed by atoms with van der Waals surface area (Å²) in [4.78, 5) is 27.7. The number of nitrogens with zero attached hydrogens (tertiary/aromatic N) is 2. The van der Waals surface area contributed by atoms with Crippen molar-refractivity contribution in [3.05, 3.63) is 29.3 Å². The molecule has 2 amide bonds. The van der Waals surface area contributed by atoms with E-state index in [1.54, 1.807) is 24.3 Å². The van der Waals surface area contributed by atoms with Gasteiger partial charge in [0.2, 0.25) is 11.8 Å². The average molecular weight is 354 g/mol. The SMILES string of the molecule is CCNC(=O)CN1CCN(C(=O)CCOc2ccc(Cl)cc2)CC1. The van der Waals surface area contributed by atoms with Crippen molar-refractivity contribution in [1.82, 2.24) is 15.1 Å². The third kappa shape index (κ3) is 6.02. The van der Waals surface area contributed by atoms with Crippen LogP contribution >= 0.6 is 11.6 Å². The lowest BCUT2D eigenvalue weighted by atomic mass is 10.2. The topological polar surface area (TPSA) is 61.9 Å². The number of benzene rings is 1. The van der Waals surface area contributed by atoms with Crippen LogP contribution in [0.2, 0.25) is 5.02 Å². The minimum atomic E-state index is 0.0358. The van der Waals surface area contributed by atoms with Crippen LogP contribution in [0.25, 0.3) is 0 Å². The fourth-order valence-corrected chi connectivity index (χ4v) is 2.68. The number of rotatable bonds is 7. The van der Waals surface area contributed by atoms with Gasteiger partial charge in [0.25, 0.3) is 0 Å². The first-order valence-corrected chi connectivity index (χ1v) is 8.61. The zero-order valence-corrected chi connectivity index (χ0v) is 14.7. The molecule has 7 heteroatoms. The Bertz CT molecular complexity index is 543. The molecule has 0 aliphatic carbocycles. The molecule has 1 N–H and O–H groups in total. The summed E-state index contributed by atoms with van der Waals surface area (Å²) in [6.45, 7) is 6.04. The molecule has 0 bridgehead atoms. The van der Waals surface area contributed by atoms with Crippen LogP contribution in [0.1, 0.15) is 13.3 Å². The van der Waals surface area contributed by atoms with Crippen LogP contribution in [0, 0.1) is 0 Å². The van der Waals surface area contributed by atoms with Crippen molar-refractivity contribution in [3.8, 4) is 5.75 Å². The van der Waals surface area contributed by atoms with Crippen LogP contribution in [-0.2, 0) is 9.59 Å². The molecule has 0 spiro atoms. The second kappa shape index (κ2) is 9.49. The lowest BCUT2D eigenvalue weighted by molar-refractivity contribution is -0.133. The zero-order valence-electron chi connectivity index (χ0n) is 14.0. The predicted octanol–water partition coefficient (Wildman–Crippen LogP) is 1.39. The summed E-state index contributed by atoms with van der Waals surface area (Å²) in [5.74, 6) is 0.828. The summed E-state index contributed by atoms with van der Waals surface area (Å²) in [6.07, 6.45) is 0.346. The maximum atomic E-state index is 12.2. The van der Waals surface area contributed by atoms with Gasteiger partial charge in [0.1, 0.15) is 5.75 Å². The number of ether oxygens (including phenoxy) is 1. The Kier molecular flexibility index (Phi) is 7.34. The molecule has 6 nitrogen and oxygen atoms in total. The quantitative estimate of drug-likeness (QED) is 0.804. The van der Waals surface area contributed by atoms with Gasteiger partial charge in [0, 0.05) is 37.7 Å². The number of amides is 2.